The number of benzene rings is 2. The number of para-hydroxylation sites is 2. The van der Waals surface area contributed by atoms with Crippen molar-refractivity contribution in [2.24, 2.45) is 5.92 Å². The Morgan fingerprint density at radius 1 is 1.12 bits per heavy atom. The molecule has 1 heterocycles. The van der Waals surface area contributed by atoms with Crippen molar-refractivity contribution >= 4 is 17.5 Å². The highest BCUT2D eigenvalue weighted by molar-refractivity contribution is 5.97. The van der Waals surface area contributed by atoms with E-state index in [2.05, 4.69) is 16.0 Å². The largest absolute Gasteiger partial charge is 0.483 e. The van der Waals surface area contributed by atoms with Gasteiger partial charge in [0.05, 0.1) is 11.3 Å². The minimum absolute atomic E-state index is 0.0845. The van der Waals surface area contributed by atoms with Gasteiger partial charge in [-0.2, -0.15) is 0 Å². The number of anilines is 1. The second-order valence-electron chi connectivity index (χ2n) is 6.05. The molecule has 3 rings (SSSR count). The number of rotatable bonds is 7. The van der Waals surface area contributed by atoms with Crippen molar-refractivity contribution in [1.82, 2.24) is 10.6 Å². The van der Waals surface area contributed by atoms with E-state index >= 15 is 0 Å². The summed E-state index contributed by atoms with van der Waals surface area (Å²) in [5, 5.41) is 8.45. The highest BCUT2D eigenvalue weighted by Crippen LogP contribution is 2.18. The highest BCUT2D eigenvalue weighted by Gasteiger charge is 2.19. The van der Waals surface area contributed by atoms with Crippen LogP contribution in [-0.2, 0) is 4.79 Å². The second-order valence-corrected chi connectivity index (χ2v) is 6.05. The van der Waals surface area contributed by atoms with E-state index in [9.17, 15) is 14.0 Å². The lowest BCUT2D eigenvalue weighted by atomic mass is 10.0. The van der Waals surface area contributed by atoms with Gasteiger partial charge in [-0.1, -0.05) is 24.3 Å². The van der Waals surface area contributed by atoms with E-state index in [1.807, 2.05) is 0 Å². The lowest BCUT2D eigenvalue weighted by Gasteiger charge is -2.27. The lowest BCUT2D eigenvalue weighted by Crippen LogP contribution is -2.48. The van der Waals surface area contributed by atoms with Crippen LogP contribution >= 0.6 is 0 Å². The molecule has 0 atom stereocenters. The fourth-order valence-corrected chi connectivity index (χ4v) is 2.50. The first-order valence-electron chi connectivity index (χ1n) is 8.38. The minimum Gasteiger partial charge on any atom is -0.483 e. The topological polar surface area (TPSA) is 79.5 Å². The summed E-state index contributed by atoms with van der Waals surface area (Å²) in [5.74, 6) is -0.530. The summed E-state index contributed by atoms with van der Waals surface area (Å²) in [4.78, 5) is 24.3. The van der Waals surface area contributed by atoms with Gasteiger partial charge in [-0.05, 0) is 24.3 Å². The Hall–Kier alpha value is -2.93. The molecule has 1 aliphatic rings. The van der Waals surface area contributed by atoms with Crippen molar-refractivity contribution in [3.05, 3.63) is 59.9 Å². The maximum Gasteiger partial charge on any atom is 0.262 e. The molecule has 0 aliphatic carbocycles. The van der Waals surface area contributed by atoms with Crippen molar-refractivity contribution in [2.45, 2.75) is 0 Å². The molecule has 0 aromatic heterocycles. The number of nitrogens with one attached hydrogen (secondary N) is 3. The predicted molar refractivity (Wildman–Crippen MR) is 95.7 cm³/mol. The molecule has 0 unspecified atom stereocenters. The molecule has 26 heavy (non-hydrogen) atoms. The summed E-state index contributed by atoms with van der Waals surface area (Å²) >= 11 is 0. The summed E-state index contributed by atoms with van der Waals surface area (Å²) in [6, 6.07) is 12.6. The van der Waals surface area contributed by atoms with E-state index in [1.165, 1.54) is 18.2 Å². The van der Waals surface area contributed by atoms with E-state index in [1.54, 1.807) is 30.3 Å². The van der Waals surface area contributed by atoms with Crippen LogP contribution in [-0.4, -0.2) is 38.1 Å². The van der Waals surface area contributed by atoms with Crippen molar-refractivity contribution in [3.8, 4) is 5.75 Å². The van der Waals surface area contributed by atoms with Crippen LogP contribution in [0.3, 0.4) is 0 Å². The molecule has 6 nitrogen and oxygen atoms in total. The summed E-state index contributed by atoms with van der Waals surface area (Å²) in [6.45, 7) is 2.06. The fraction of sp³-hybridized carbons (Fsp3) is 0.263. The smallest absolute Gasteiger partial charge is 0.262 e. The number of ether oxygens (including phenoxy) is 1. The van der Waals surface area contributed by atoms with Gasteiger partial charge in [0.15, 0.2) is 6.61 Å². The van der Waals surface area contributed by atoms with E-state index in [4.69, 9.17) is 4.74 Å². The molecule has 136 valence electrons. The molecule has 1 aliphatic heterocycles. The molecule has 2 aromatic carbocycles. The Balaban J connectivity index is 1.56. The number of carbonyl (C=O) groups is 2. The normalized spacial score (nSPS) is 13.6. The maximum atomic E-state index is 13.6. The quantitative estimate of drug-likeness (QED) is 0.706. The first kappa shape index (κ1) is 17.9. The summed E-state index contributed by atoms with van der Waals surface area (Å²) in [7, 11) is 0. The molecule has 1 saturated heterocycles. The van der Waals surface area contributed by atoms with Crippen molar-refractivity contribution in [1.29, 1.82) is 0 Å². The van der Waals surface area contributed by atoms with Crippen LogP contribution in [0, 0.1) is 11.7 Å². The molecule has 0 saturated carbocycles. The van der Waals surface area contributed by atoms with Gasteiger partial charge in [0, 0.05) is 25.6 Å². The average molecular weight is 357 g/mol. The number of halogens is 1. The van der Waals surface area contributed by atoms with Gasteiger partial charge in [0.1, 0.15) is 11.6 Å². The molecular formula is C19H20FN3O3. The minimum atomic E-state index is -0.522. The number of carbonyl (C=O) groups excluding carboxylic acids is 2. The first-order chi connectivity index (χ1) is 12.6. The zero-order valence-corrected chi connectivity index (χ0v) is 14.1. The van der Waals surface area contributed by atoms with Gasteiger partial charge < -0.3 is 20.7 Å². The molecule has 2 amide bonds. The first-order valence-corrected chi connectivity index (χ1v) is 8.38. The van der Waals surface area contributed by atoms with Gasteiger partial charge in [-0.25, -0.2) is 4.39 Å². The highest BCUT2D eigenvalue weighted by atomic mass is 19.1. The second kappa shape index (κ2) is 8.44. The van der Waals surface area contributed by atoms with Crippen molar-refractivity contribution in [2.75, 3.05) is 31.6 Å². The van der Waals surface area contributed by atoms with Crippen molar-refractivity contribution in [3.63, 3.8) is 0 Å². The SMILES string of the molecule is O=C(COc1ccccc1C(=O)NCC1CNC1)Nc1ccccc1F. The fourth-order valence-electron chi connectivity index (χ4n) is 2.50. The third kappa shape index (κ3) is 4.58. The standard InChI is InChI=1S/C19H20FN3O3/c20-15-6-2-3-7-16(15)23-18(24)12-26-17-8-4-1-5-14(17)19(25)22-11-13-9-21-10-13/h1-8,13,21H,9-12H2,(H,22,25)(H,23,24). The van der Waals surface area contributed by atoms with Crippen LogP contribution in [0.2, 0.25) is 0 Å². The van der Waals surface area contributed by atoms with E-state index in [0.29, 0.717) is 23.8 Å². The molecule has 0 bridgehead atoms. The van der Waals surface area contributed by atoms with Crippen LogP contribution in [0.5, 0.6) is 5.75 Å². The van der Waals surface area contributed by atoms with Crippen molar-refractivity contribution < 1.29 is 18.7 Å². The van der Waals surface area contributed by atoms with Gasteiger partial charge in [-0.15, -0.1) is 0 Å². The third-order valence-electron chi connectivity index (χ3n) is 4.06. The maximum absolute atomic E-state index is 13.6. The third-order valence-corrected chi connectivity index (χ3v) is 4.06. The Bertz CT molecular complexity index is 793. The molecule has 3 N–H and O–H groups in total. The Morgan fingerprint density at radius 2 is 1.85 bits per heavy atom. The Morgan fingerprint density at radius 3 is 2.58 bits per heavy atom. The average Bonchev–Trinajstić information content (AvgIpc) is 2.61. The molecule has 0 radical (unpaired) electrons. The monoisotopic (exact) mass is 357 g/mol. The summed E-state index contributed by atoms with van der Waals surface area (Å²) < 4.78 is 19.0. The molecule has 2 aromatic rings. The lowest BCUT2D eigenvalue weighted by molar-refractivity contribution is -0.118. The van der Waals surface area contributed by atoms with Crippen LogP contribution < -0.4 is 20.7 Å². The van der Waals surface area contributed by atoms with Crippen LogP contribution in [0.15, 0.2) is 48.5 Å². The number of amides is 2. The Labute approximate surface area is 150 Å². The zero-order valence-electron chi connectivity index (χ0n) is 14.1. The van der Waals surface area contributed by atoms with Crippen LogP contribution in [0.1, 0.15) is 10.4 Å². The van der Waals surface area contributed by atoms with Gasteiger partial charge in [0.2, 0.25) is 0 Å². The summed E-state index contributed by atoms with van der Waals surface area (Å²) in [5.41, 5.74) is 0.444. The van der Waals surface area contributed by atoms with Crippen LogP contribution in [0.25, 0.3) is 0 Å². The van der Waals surface area contributed by atoms with Gasteiger partial charge in [0.25, 0.3) is 11.8 Å². The van der Waals surface area contributed by atoms with Gasteiger partial charge in [-0.3, -0.25) is 9.59 Å². The van der Waals surface area contributed by atoms with E-state index < -0.39 is 11.7 Å². The predicted octanol–water partition coefficient (Wildman–Crippen LogP) is 1.79. The Kier molecular flexibility index (Phi) is 5.80. The van der Waals surface area contributed by atoms with E-state index in [-0.39, 0.29) is 18.2 Å². The van der Waals surface area contributed by atoms with Gasteiger partial charge >= 0.3 is 0 Å². The summed E-state index contributed by atoms with van der Waals surface area (Å²) in [6.07, 6.45) is 0. The van der Waals surface area contributed by atoms with Crippen LogP contribution in [0.4, 0.5) is 10.1 Å². The molecular weight excluding hydrogens is 337 g/mol. The molecule has 0 spiro atoms. The molecule has 7 heteroatoms. The number of hydrogen-bond acceptors (Lipinski definition) is 4. The number of hydrogen-bond donors (Lipinski definition) is 3. The zero-order chi connectivity index (χ0) is 18.4. The van der Waals surface area contributed by atoms with E-state index in [0.717, 1.165) is 13.1 Å². The molecule has 1 fully saturated rings.